The van der Waals surface area contributed by atoms with Crippen molar-refractivity contribution in [2.24, 2.45) is 0 Å². The molecule has 0 bridgehead atoms. The fraction of sp³-hybridized carbons (Fsp3) is 0.500. The highest BCUT2D eigenvalue weighted by Gasteiger charge is 2.11. The Morgan fingerprint density at radius 3 is 2.77 bits per heavy atom. The van der Waals surface area contributed by atoms with Crippen LogP contribution in [0.2, 0.25) is 0 Å². The third-order valence-corrected chi connectivity index (χ3v) is 2.11. The summed E-state index contributed by atoms with van der Waals surface area (Å²) in [6.07, 6.45) is 3.86. The summed E-state index contributed by atoms with van der Waals surface area (Å²) in [6, 6.07) is 1.79. The van der Waals surface area contributed by atoms with E-state index in [0.29, 0.717) is 0 Å². The summed E-state index contributed by atoms with van der Waals surface area (Å²) in [5, 5.41) is 9.21. The lowest BCUT2D eigenvalue weighted by atomic mass is 9.96. The minimum Gasteiger partial charge on any atom is -0.398 e. The number of aliphatic hydroxyl groups is 1. The number of pyridine rings is 1. The van der Waals surface area contributed by atoms with Gasteiger partial charge in [0, 0.05) is 18.1 Å². The number of hydrogen-bond donors (Lipinski definition) is 2. The van der Waals surface area contributed by atoms with E-state index >= 15 is 0 Å². The molecule has 0 saturated heterocycles. The van der Waals surface area contributed by atoms with Crippen LogP contribution in [0.1, 0.15) is 31.7 Å². The maximum absolute atomic E-state index is 9.21. The Balaban J connectivity index is 2.76. The molecule has 0 aromatic carbocycles. The predicted molar refractivity (Wildman–Crippen MR) is 53.4 cm³/mol. The average molecular weight is 180 g/mol. The Morgan fingerprint density at radius 1 is 1.54 bits per heavy atom. The van der Waals surface area contributed by atoms with Crippen molar-refractivity contribution in [1.29, 1.82) is 0 Å². The van der Waals surface area contributed by atoms with Crippen LogP contribution in [0.3, 0.4) is 0 Å². The van der Waals surface area contributed by atoms with Crippen LogP contribution >= 0.6 is 0 Å². The first-order valence-corrected chi connectivity index (χ1v) is 4.48. The van der Waals surface area contributed by atoms with E-state index in [-0.39, 0.29) is 12.0 Å². The third-order valence-electron chi connectivity index (χ3n) is 2.11. The Kier molecular flexibility index (Phi) is 3.25. The second-order valence-electron chi connectivity index (χ2n) is 3.49. The number of nitrogens with two attached hydrogens (primary N) is 1. The SMILES string of the molecule is CC(O)CC(C)c1cnccc1N. The molecule has 0 fully saturated rings. The van der Waals surface area contributed by atoms with Gasteiger partial charge in [0.15, 0.2) is 0 Å². The van der Waals surface area contributed by atoms with Crippen LogP contribution in [0.5, 0.6) is 0 Å². The van der Waals surface area contributed by atoms with Gasteiger partial charge in [-0.2, -0.15) is 0 Å². The van der Waals surface area contributed by atoms with E-state index in [1.54, 1.807) is 25.4 Å². The molecule has 3 heteroatoms. The van der Waals surface area contributed by atoms with Gasteiger partial charge in [-0.15, -0.1) is 0 Å². The van der Waals surface area contributed by atoms with E-state index in [0.717, 1.165) is 17.7 Å². The van der Waals surface area contributed by atoms with Crippen LogP contribution in [0.4, 0.5) is 5.69 Å². The molecule has 1 rings (SSSR count). The normalized spacial score (nSPS) is 15.3. The molecule has 1 aromatic rings. The van der Waals surface area contributed by atoms with Crippen LogP contribution in [0, 0.1) is 0 Å². The monoisotopic (exact) mass is 180 g/mol. The highest BCUT2D eigenvalue weighted by Crippen LogP contribution is 2.24. The summed E-state index contributed by atoms with van der Waals surface area (Å²) >= 11 is 0. The topological polar surface area (TPSA) is 59.1 Å². The van der Waals surface area contributed by atoms with Crippen molar-refractivity contribution in [3.8, 4) is 0 Å². The maximum atomic E-state index is 9.21. The lowest BCUT2D eigenvalue weighted by Crippen LogP contribution is -2.08. The van der Waals surface area contributed by atoms with Gasteiger partial charge < -0.3 is 10.8 Å². The molecule has 0 aliphatic rings. The lowest BCUT2D eigenvalue weighted by Gasteiger charge is -2.14. The molecule has 3 N–H and O–H groups in total. The molecular weight excluding hydrogens is 164 g/mol. The first kappa shape index (κ1) is 9.99. The van der Waals surface area contributed by atoms with Crippen LogP contribution in [0.15, 0.2) is 18.5 Å². The van der Waals surface area contributed by atoms with E-state index in [4.69, 9.17) is 5.73 Å². The zero-order valence-corrected chi connectivity index (χ0v) is 8.07. The Morgan fingerprint density at radius 2 is 2.23 bits per heavy atom. The highest BCUT2D eigenvalue weighted by atomic mass is 16.3. The number of rotatable bonds is 3. The predicted octanol–water partition coefficient (Wildman–Crippen LogP) is 1.54. The summed E-state index contributed by atoms with van der Waals surface area (Å²) in [4.78, 5) is 4.01. The number of nitrogen functional groups attached to an aromatic ring is 1. The van der Waals surface area contributed by atoms with Gasteiger partial charge in [-0.3, -0.25) is 4.98 Å². The van der Waals surface area contributed by atoms with Crippen molar-refractivity contribution >= 4 is 5.69 Å². The fourth-order valence-electron chi connectivity index (χ4n) is 1.47. The van der Waals surface area contributed by atoms with Crippen molar-refractivity contribution in [2.75, 3.05) is 5.73 Å². The van der Waals surface area contributed by atoms with E-state index in [1.807, 2.05) is 6.92 Å². The molecule has 0 amide bonds. The van der Waals surface area contributed by atoms with Gasteiger partial charge in [-0.05, 0) is 30.9 Å². The van der Waals surface area contributed by atoms with Crippen LogP contribution < -0.4 is 5.73 Å². The van der Waals surface area contributed by atoms with Crippen molar-refractivity contribution in [3.63, 3.8) is 0 Å². The quantitative estimate of drug-likeness (QED) is 0.741. The average Bonchev–Trinajstić information content (AvgIpc) is 2.03. The molecule has 0 radical (unpaired) electrons. The molecule has 0 spiro atoms. The van der Waals surface area contributed by atoms with Crippen molar-refractivity contribution < 1.29 is 5.11 Å². The molecule has 2 unspecified atom stereocenters. The van der Waals surface area contributed by atoms with Gasteiger partial charge in [0.25, 0.3) is 0 Å². The molecule has 0 aliphatic carbocycles. The molecule has 0 aliphatic heterocycles. The first-order valence-electron chi connectivity index (χ1n) is 4.48. The number of nitrogens with zero attached hydrogens (tertiary/aromatic N) is 1. The van der Waals surface area contributed by atoms with Gasteiger partial charge in [0.05, 0.1) is 6.10 Å². The van der Waals surface area contributed by atoms with Gasteiger partial charge in [-0.25, -0.2) is 0 Å². The maximum Gasteiger partial charge on any atom is 0.0517 e. The number of anilines is 1. The number of hydrogen-bond acceptors (Lipinski definition) is 3. The summed E-state index contributed by atoms with van der Waals surface area (Å²) < 4.78 is 0. The molecular formula is C10H16N2O. The zero-order chi connectivity index (χ0) is 9.84. The molecule has 1 aromatic heterocycles. The van der Waals surface area contributed by atoms with Gasteiger partial charge >= 0.3 is 0 Å². The Bertz CT molecular complexity index is 273. The second kappa shape index (κ2) is 4.23. The molecule has 3 nitrogen and oxygen atoms in total. The van der Waals surface area contributed by atoms with Gasteiger partial charge in [0.2, 0.25) is 0 Å². The standard InChI is InChI=1S/C10H16N2O/c1-7(5-8(2)13)9-6-12-4-3-10(9)11/h3-4,6-8,13H,5H2,1-2H3,(H2,11,12). The Labute approximate surface area is 78.6 Å². The van der Waals surface area contributed by atoms with Crippen LogP contribution in [-0.2, 0) is 0 Å². The molecule has 1 heterocycles. The summed E-state index contributed by atoms with van der Waals surface area (Å²) in [7, 11) is 0. The zero-order valence-electron chi connectivity index (χ0n) is 8.07. The molecule has 2 atom stereocenters. The second-order valence-corrected chi connectivity index (χ2v) is 3.49. The van der Waals surface area contributed by atoms with E-state index in [9.17, 15) is 5.11 Å². The van der Waals surface area contributed by atoms with Gasteiger partial charge in [0.1, 0.15) is 0 Å². The van der Waals surface area contributed by atoms with Crippen LogP contribution in [-0.4, -0.2) is 16.2 Å². The minimum absolute atomic E-state index is 0.258. The number of aliphatic hydroxyl groups excluding tert-OH is 1. The molecule has 72 valence electrons. The largest absolute Gasteiger partial charge is 0.398 e. The number of aromatic nitrogens is 1. The van der Waals surface area contributed by atoms with Crippen molar-refractivity contribution in [2.45, 2.75) is 32.3 Å². The third kappa shape index (κ3) is 2.70. The van der Waals surface area contributed by atoms with E-state index in [2.05, 4.69) is 4.98 Å². The summed E-state index contributed by atoms with van der Waals surface area (Å²) in [5.74, 6) is 0.258. The highest BCUT2D eigenvalue weighted by molar-refractivity contribution is 5.46. The van der Waals surface area contributed by atoms with Crippen molar-refractivity contribution in [3.05, 3.63) is 24.0 Å². The smallest absolute Gasteiger partial charge is 0.0517 e. The fourth-order valence-corrected chi connectivity index (χ4v) is 1.47. The van der Waals surface area contributed by atoms with Crippen LogP contribution in [0.25, 0.3) is 0 Å². The lowest BCUT2D eigenvalue weighted by molar-refractivity contribution is 0.176. The van der Waals surface area contributed by atoms with Crippen molar-refractivity contribution in [1.82, 2.24) is 4.98 Å². The minimum atomic E-state index is -0.297. The van der Waals surface area contributed by atoms with E-state index < -0.39 is 0 Å². The summed E-state index contributed by atoms with van der Waals surface area (Å²) in [5.41, 5.74) is 7.55. The molecule has 0 saturated carbocycles. The van der Waals surface area contributed by atoms with Gasteiger partial charge in [-0.1, -0.05) is 6.92 Å². The van der Waals surface area contributed by atoms with E-state index in [1.165, 1.54) is 0 Å². The Hall–Kier alpha value is -1.09. The molecule has 13 heavy (non-hydrogen) atoms. The summed E-state index contributed by atoms with van der Waals surface area (Å²) in [6.45, 7) is 3.82. The first-order chi connectivity index (χ1) is 6.11.